The van der Waals surface area contributed by atoms with Gasteiger partial charge in [0, 0.05) is 11.7 Å². The van der Waals surface area contributed by atoms with Crippen molar-refractivity contribution in [2.24, 2.45) is 5.14 Å². The maximum Gasteiger partial charge on any atom is 0.238 e. The van der Waals surface area contributed by atoms with Crippen molar-refractivity contribution in [2.75, 3.05) is 5.32 Å². The minimum Gasteiger partial charge on any atom is -0.378 e. The Kier molecular flexibility index (Phi) is 4.65. The fourth-order valence-corrected chi connectivity index (χ4v) is 2.83. The molecule has 0 amide bonds. The number of sulfonamides is 1. The second-order valence-electron chi connectivity index (χ2n) is 4.61. The van der Waals surface area contributed by atoms with Gasteiger partial charge in [-0.05, 0) is 58.7 Å². The number of hydrogen-bond acceptors (Lipinski definition) is 3. The second-order valence-corrected chi connectivity index (χ2v) is 7.03. The van der Waals surface area contributed by atoms with Crippen LogP contribution in [0.1, 0.15) is 18.5 Å². The molecular weight excluding hydrogens is 359 g/mol. The zero-order valence-corrected chi connectivity index (χ0v) is 13.6. The van der Waals surface area contributed by atoms with Gasteiger partial charge < -0.3 is 5.32 Å². The molecule has 0 radical (unpaired) electrons. The lowest BCUT2D eigenvalue weighted by molar-refractivity contribution is 0.597. The first-order valence-corrected chi connectivity index (χ1v) is 8.45. The van der Waals surface area contributed by atoms with Crippen LogP contribution in [-0.4, -0.2) is 8.42 Å². The Hall–Kier alpha value is -1.44. The maximum atomic E-state index is 13.2. The molecule has 1 atom stereocenters. The number of halogens is 2. The van der Waals surface area contributed by atoms with Gasteiger partial charge in [0.15, 0.2) is 0 Å². The molecule has 0 aliphatic carbocycles. The van der Waals surface area contributed by atoms with E-state index in [4.69, 9.17) is 5.14 Å². The number of rotatable bonds is 4. The zero-order valence-electron chi connectivity index (χ0n) is 11.2. The van der Waals surface area contributed by atoms with Crippen LogP contribution in [0.2, 0.25) is 0 Å². The van der Waals surface area contributed by atoms with Gasteiger partial charge in [-0.15, -0.1) is 0 Å². The van der Waals surface area contributed by atoms with Crippen molar-refractivity contribution >= 4 is 31.6 Å². The summed E-state index contributed by atoms with van der Waals surface area (Å²) >= 11 is 3.12. The predicted molar refractivity (Wildman–Crippen MR) is 84.0 cm³/mol. The van der Waals surface area contributed by atoms with E-state index in [0.29, 0.717) is 4.47 Å². The van der Waals surface area contributed by atoms with E-state index in [1.54, 1.807) is 24.3 Å². The summed E-state index contributed by atoms with van der Waals surface area (Å²) in [4.78, 5) is 0.0638. The molecule has 1 unspecified atom stereocenters. The number of primary sulfonamides is 1. The van der Waals surface area contributed by atoms with Crippen LogP contribution >= 0.6 is 15.9 Å². The van der Waals surface area contributed by atoms with Crippen LogP contribution in [0.25, 0.3) is 0 Å². The first kappa shape index (κ1) is 15.9. The van der Waals surface area contributed by atoms with E-state index in [1.807, 2.05) is 6.92 Å². The quantitative estimate of drug-likeness (QED) is 0.863. The van der Waals surface area contributed by atoms with Crippen LogP contribution in [0, 0.1) is 5.82 Å². The standard InChI is InChI=1S/C14H14BrFN2O2S/c1-9(18-11-5-6-14(16)13(15)8-11)10-3-2-4-12(7-10)21(17,19)20/h2-9,18H,1H3,(H2,17,19,20). The summed E-state index contributed by atoms with van der Waals surface area (Å²) < 4.78 is 36.3. The monoisotopic (exact) mass is 372 g/mol. The summed E-state index contributed by atoms with van der Waals surface area (Å²) in [5.41, 5.74) is 1.48. The van der Waals surface area contributed by atoms with Crippen LogP contribution in [-0.2, 0) is 10.0 Å². The van der Waals surface area contributed by atoms with Gasteiger partial charge in [-0.2, -0.15) is 0 Å². The topological polar surface area (TPSA) is 72.2 Å². The average Bonchev–Trinajstić information content (AvgIpc) is 2.42. The molecule has 0 aliphatic rings. The molecule has 2 rings (SSSR count). The number of hydrogen-bond donors (Lipinski definition) is 2. The third kappa shape index (κ3) is 4.03. The second kappa shape index (κ2) is 6.13. The Morgan fingerprint density at radius 3 is 2.57 bits per heavy atom. The highest BCUT2D eigenvalue weighted by Gasteiger charge is 2.12. The lowest BCUT2D eigenvalue weighted by Gasteiger charge is -2.16. The SMILES string of the molecule is CC(Nc1ccc(F)c(Br)c1)c1cccc(S(N)(=O)=O)c1. The Morgan fingerprint density at radius 1 is 1.24 bits per heavy atom. The van der Waals surface area contributed by atoms with E-state index < -0.39 is 10.0 Å². The Bertz CT molecular complexity index is 765. The van der Waals surface area contributed by atoms with E-state index in [2.05, 4.69) is 21.2 Å². The van der Waals surface area contributed by atoms with Crippen molar-refractivity contribution in [3.05, 3.63) is 58.3 Å². The van der Waals surface area contributed by atoms with Crippen LogP contribution in [0.5, 0.6) is 0 Å². The smallest absolute Gasteiger partial charge is 0.238 e. The highest BCUT2D eigenvalue weighted by molar-refractivity contribution is 9.10. The summed E-state index contributed by atoms with van der Waals surface area (Å²) in [5, 5.41) is 8.29. The van der Waals surface area contributed by atoms with Crippen LogP contribution < -0.4 is 10.5 Å². The molecule has 0 aliphatic heterocycles. The van der Waals surface area contributed by atoms with Crippen molar-refractivity contribution in [1.82, 2.24) is 0 Å². The van der Waals surface area contributed by atoms with Crippen molar-refractivity contribution in [3.63, 3.8) is 0 Å². The molecule has 0 aromatic heterocycles. The number of anilines is 1. The summed E-state index contributed by atoms with van der Waals surface area (Å²) in [6.45, 7) is 1.87. The predicted octanol–water partition coefficient (Wildman–Crippen LogP) is 3.41. The van der Waals surface area contributed by atoms with E-state index >= 15 is 0 Å². The molecule has 0 saturated heterocycles. The molecule has 0 spiro atoms. The first-order chi connectivity index (χ1) is 9.77. The molecule has 2 aromatic rings. The molecule has 4 nitrogen and oxygen atoms in total. The van der Waals surface area contributed by atoms with E-state index in [9.17, 15) is 12.8 Å². The third-order valence-electron chi connectivity index (χ3n) is 2.99. The fourth-order valence-electron chi connectivity index (χ4n) is 1.88. The van der Waals surface area contributed by atoms with Gasteiger partial charge in [-0.25, -0.2) is 17.9 Å². The van der Waals surface area contributed by atoms with Crippen LogP contribution in [0.15, 0.2) is 51.8 Å². The summed E-state index contributed by atoms with van der Waals surface area (Å²) in [7, 11) is -3.73. The molecule has 3 N–H and O–H groups in total. The van der Waals surface area contributed by atoms with Crippen LogP contribution in [0.3, 0.4) is 0 Å². The van der Waals surface area contributed by atoms with Crippen molar-refractivity contribution in [2.45, 2.75) is 17.9 Å². The molecule has 21 heavy (non-hydrogen) atoms. The van der Waals surface area contributed by atoms with Gasteiger partial charge in [0.05, 0.1) is 9.37 Å². The molecule has 112 valence electrons. The largest absolute Gasteiger partial charge is 0.378 e. The maximum absolute atomic E-state index is 13.2. The normalized spacial score (nSPS) is 13.0. The number of nitrogens with two attached hydrogens (primary N) is 1. The van der Waals surface area contributed by atoms with E-state index in [-0.39, 0.29) is 16.8 Å². The van der Waals surface area contributed by atoms with Gasteiger partial charge in [0.2, 0.25) is 10.0 Å². The molecule has 0 bridgehead atoms. The fraction of sp³-hybridized carbons (Fsp3) is 0.143. The van der Waals surface area contributed by atoms with Crippen molar-refractivity contribution in [3.8, 4) is 0 Å². The first-order valence-electron chi connectivity index (χ1n) is 6.12. The molecular formula is C14H14BrFN2O2S. The summed E-state index contributed by atoms with van der Waals surface area (Å²) in [6.07, 6.45) is 0. The highest BCUT2D eigenvalue weighted by Crippen LogP contribution is 2.25. The summed E-state index contributed by atoms with van der Waals surface area (Å²) in [6, 6.07) is 10.8. The number of benzene rings is 2. The van der Waals surface area contributed by atoms with Crippen molar-refractivity contribution in [1.29, 1.82) is 0 Å². The zero-order chi connectivity index (χ0) is 15.6. The Morgan fingerprint density at radius 2 is 1.95 bits per heavy atom. The van der Waals surface area contributed by atoms with Crippen molar-refractivity contribution < 1.29 is 12.8 Å². The van der Waals surface area contributed by atoms with Gasteiger partial charge >= 0.3 is 0 Å². The van der Waals surface area contributed by atoms with E-state index in [1.165, 1.54) is 18.2 Å². The highest BCUT2D eigenvalue weighted by atomic mass is 79.9. The van der Waals surface area contributed by atoms with Gasteiger partial charge in [0.25, 0.3) is 0 Å². The molecule has 0 saturated carbocycles. The molecule has 2 aromatic carbocycles. The minimum atomic E-state index is -3.73. The molecule has 0 heterocycles. The van der Waals surface area contributed by atoms with E-state index in [0.717, 1.165) is 11.3 Å². The lowest BCUT2D eigenvalue weighted by atomic mass is 10.1. The number of nitrogens with one attached hydrogen (secondary N) is 1. The van der Waals surface area contributed by atoms with Crippen LogP contribution in [0.4, 0.5) is 10.1 Å². The Balaban J connectivity index is 2.24. The Labute approximate surface area is 131 Å². The van der Waals surface area contributed by atoms with Gasteiger partial charge in [-0.3, -0.25) is 0 Å². The molecule has 7 heteroatoms. The van der Waals surface area contributed by atoms with Gasteiger partial charge in [-0.1, -0.05) is 12.1 Å². The summed E-state index contributed by atoms with van der Waals surface area (Å²) in [5.74, 6) is -0.343. The molecule has 0 fully saturated rings. The van der Waals surface area contributed by atoms with Gasteiger partial charge in [0.1, 0.15) is 5.82 Å². The minimum absolute atomic E-state index is 0.0638. The lowest BCUT2D eigenvalue weighted by Crippen LogP contribution is -2.13. The third-order valence-corrected chi connectivity index (χ3v) is 4.51. The average molecular weight is 373 g/mol.